The van der Waals surface area contributed by atoms with E-state index in [4.69, 9.17) is 28.4 Å². The minimum atomic E-state index is -1.97. The van der Waals surface area contributed by atoms with Gasteiger partial charge in [-0.05, 0) is 12.8 Å². The maximum atomic E-state index is 13.4. The topological polar surface area (TPSA) is 307 Å². The average molecular weight is 1350 g/mol. The van der Waals surface area contributed by atoms with Crippen LogP contribution in [0.15, 0.2) is 0 Å². The van der Waals surface area contributed by atoms with Crippen LogP contribution in [-0.4, -0.2) is 193 Å². The quantitative estimate of drug-likeness (QED) is 0.0252. The number of hydrogen-bond donors (Lipinski definition) is 12. The molecule has 3 aliphatic heterocycles. The monoisotopic (exact) mass is 1350 g/mol. The smallest absolute Gasteiger partial charge is 0.220 e. The number of hydrogen-bond acceptors (Lipinski definition) is 18. The van der Waals surface area contributed by atoms with Crippen LogP contribution in [0.5, 0.6) is 0 Å². The molecule has 558 valence electrons. The first-order valence-electron chi connectivity index (χ1n) is 39.3. The van der Waals surface area contributed by atoms with Crippen LogP contribution in [0.4, 0.5) is 0 Å². The molecule has 0 aliphatic carbocycles. The van der Waals surface area contributed by atoms with Crippen molar-refractivity contribution in [2.45, 2.75) is 446 Å². The van der Waals surface area contributed by atoms with E-state index >= 15 is 0 Å². The van der Waals surface area contributed by atoms with Gasteiger partial charge in [-0.25, -0.2) is 0 Å². The highest BCUT2D eigenvalue weighted by Crippen LogP contribution is 2.33. The van der Waals surface area contributed by atoms with Crippen molar-refractivity contribution in [1.82, 2.24) is 5.32 Å². The zero-order valence-corrected chi connectivity index (χ0v) is 59.5. The summed E-state index contributed by atoms with van der Waals surface area (Å²) >= 11 is 0. The molecule has 3 heterocycles. The maximum absolute atomic E-state index is 13.4. The van der Waals surface area contributed by atoms with Crippen molar-refractivity contribution >= 4 is 5.91 Å². The van der Waals surface area contributed by atoms with Gasteiger partial charge in [0, 0.05) is 6.42 Å². The number of aliphatic hydroxyl groups excluding tert-OH is 11. The Kier molecular flexibility index (Phi) is 53.1. The van der Waals surface area contributed by atoms with Crippen LogP contribution in [0.2, 0.25) is 0 Å². The molecular formula is C75H145NO18. The van der Waals surface area contributed by atoms with Crippen LogP contribution in [0.25, 0.3) is 0 Å². The number of nitrogens with one attached hydrogen (secondary N) is 1. The van der Waals surface area contributed by atoms with Crippen molar-refractivity contribution in [3.05, 3.63) is 0 Å². The molecule has 0 spiro atoms. The molecule has 12 N–H and O–H groups in total. The van der Waals surface area contributed by atoms with E-state index in [0.717, 1.165) is 44.9 Å². The van der Waals surface area contributed by atoms with E-state index in [0.29, 0.717) is 12.8 Å². The predicted molar refractivity (Wildman–Crippen MR) is 370 cm³/mol. The molecule has 0 saturated carbocycles. The van der Waals surface area contributed by atoms with Gasteiger partial charge in [-0.1, -0.05) is 322 Å². The number of carbonyl (C=O) groups excluding carboxylic acids is 1. The Morgan fingerprint density at radius 2 is 0.606 bits per heavy atom. The van der Waals surface area contributed by atoms with E-state index in [-0.39, 0.29) is 18.9 Å². The van der Waals surface area contributed by atoms with Crippen LogP contribution < -0.4 is 5.32 Å². The van der Waals surface area contributed by atoms with E-state index in [1.54, 1.807) is 0 Å². The highest BCUT2D eigenvalue weighted by molar-refractivity contribution is 5.76. The first-order valence-corrected chi connectivity index (χ1v) is 39.3. The van der Waals surface area contributed by atoms with Crippen LogP contribution >= 0.6 is 0 Å². The van der Waals surface area contributed by atoms with Crippen LogP contribution in [-0.2, 0) is 33.2 Å². The van der Waals surface area contributed by atoms with Gasteiger partial charge in [-0.15, -0.1) is 0 Å². The van der Waals surface area contributed by atoms with Gasteiger partial charge in [0.05, 0.1) is 38.6 Å². The normalized spacial score (nSPS) is 27.3. The minimum absolute atomic E-state index is 0.235. The summed E-state index contributed by atoms with van der Waals surface area (Å²) in [5.74, 6) is -0.235. The number of ether oxygens (including phenoxy) is 6. The molecule has 0 aromatic rings. The lowest BCUT2D eigenvalue weighted by atomic mass is 9.96. The second-order valence-electron chi connectivity index (χ2n) is 28.5. The molecule has 19 heteroatoms. The van der Waals surface area contributed by atoms with E-state index in [1.807, 2.05) is 0 Å². The van der Waals surface area contributed by atoms with Crippen LogP contribution in [0, 0.1) is 0 Å². The highest BCUT2D eigenvalue weighted by Gasteiger charge is 2.54. The van der Waals surface area contributed by atoms with Gasteiger partial charge in [0.15, 0.2) is 18.9 Å². The van der Waals surface area contributed by atoms with Crippen molar-refractivity contribution < 1.29 is 89.4 Å². The number of unbranched alkanes of at least 4 members (excludes halogenated alkanes) is 47. The Morgan fingerprint density at radius 1 is 0.340 bits per heavy atom. The SMILES string of the molecule is CCCCCCCCCCCCCCCCCCCCCCCCCCCCCCCCCCC(O)C(COC1OC(CO)C(OC2OC(CO)C(OC3OC(CO)C(O)C(O)C3O)C(O)C2O)C(O)C1O)NC(=O)CCCCCCCCCCCCCCCCCCC. The summed E-state index contributed by atoms with van der Waals surface area (Å²) in [5, 5.41) is 121. The molecule has 19 nitrogen and oxygen atoms in total. The first kappa shape index (κ1) is 87.0. The summed E-state index contributed by atoms with van der Waals surface area (Å²) in [5.41, 5.74) is 0. The van der Waals surface area contributed by atoms with Crippen molar-refractivity contribution in [3.8, 4) is 0 Å². The third-order valence-corrected chi connectivity index (χ3v) is 20.2. The highest BCUT2D eigenvalue weighted by atomic mass is 16.8. The van der Waals surface area contributed by atoms with Crippen molar-refractivity contribution in [2.75, 3.05) is 26.4 Å². The number of aliphatic hydroxyl groups is 11. The molecule has 0 radical (unpaired) electrons. The first-order chi connectivity index (χ1) is 45.8. The standard InChI is InChI=1S/C75H145NO18/c1-3-5-7-9-11-13-15-17-19-21-22-23-24-25-26-27-28-29-30-31-32-33-34-35-37-38-40-42-44-46-48-50-52-59(80)58(76-63(81)53-51-49-47-45-43-41-39-36-20-18-16-14-12-10-8-6-4-2)57-89-73-69(87)66(84)71(61(55-78)91-73)94-75-70(88)67(85)72(62(56-79)92-75)93-74-68(86)65(83)64(82)60(54-77)90-74/h58-62,64-75,77-80,82-88H,3-57H2,1-2H3,(H,76,81). The van der Waals surface area contributed by atoms with Crippen molar-refractivity contribution in [3.63, 3.8) is 0 Å². The summed E-state index contributed by atoms with van der Waals surface area (Å²) < 4.78 is 34.5. The summed E-state index contributed by atoms with van der Waals surface area (Å²) in [7, 11) is 0. The third kappa shape index (κ3) is 38.0. The lowest BCUT2D eigenvalue weighted by Gasteiger charge is -2.48. The molecule has 3 saturated heterocycles. The Bertz CT molecular complexity index is 1700. The Morgan fingerprint density at radius 3 is 0.926 bits per heavy atom. The summed E-state index contributed by atoms with van der Waals surface area (Å²) in [6.07, 6.45) is 37.7. The average Bonchev–Trinajstić information content (AvgIpc) is 0.788. The van der Waals surface area contributed by atoms with E-state index < -0.39 is 124 Å². The fraction of sp³-hybridized carbons (Fsp3) is 0.987. The number of amides is 1. The maximum Gasteiger partial charge on any atom is 0.220 e. The van der Waals surface area contributed by atoms with Crippen LogP contribution in [0.1, 0.15) is 341 Å². The number of rotatable bonds is 63. The second kappa shape index (κ2) is 57.4. The molecule has 17 unspecified atom stereocenters. The second-order valence-corrected chi connectivity index (χ2v) is 28.5. The minimum Gasteiger partial charge on any atom is -0.394 e. The van der Waals surface area contributed by atoms with E-state index in [9.17, 15) is 61.0 Å². The lowest BCUT2D eigenvalue weighted by molar-refractivity contribution is -0.379. The number of carbonyl (C=O) groups is 1. The molecule has 1 amide bonds. The van der Waals surface area contributed by atoms with Gasteiger partial charge in [-0.2, -0.15) is 0 Å². The van der Waals surface area contributed by atoms with Crippen molar-refractivity contribution in [1.29, 1.82) is 0 Å². The van der Waals surface area contributed by atoms with Crippen LogP contribution in [0.3, 0.4) is 0 Å². The van der Waals surface area contributed by atoms with Gasteiger partial charge >= 0.3 is 0 Å². The molecule has 0 aromatic heterocycles. The van der Waals surface area contributed by atoms with Gasteiger partial charge in [0.1, 0.15) is 73.2 Å². The fourth-order valence-corrected chi connectivity index (χ4v) is 13.8. The molecule has 0 bridgehead atoms. The summed E-state index contributed by atoms with van der Waals surface area (Å²) in [4.78, 5) is 13.4. The van der Waals surface area contributed by atoms with Gasteiger partial charge in [0.2, 0.25) is 5.91 Å². The summed E-state index contributed by atoms with van der Waals surface area (Å²) in [6, 6.07) is -0.882. The molecule has 94 heavy (non-hydrogen) atoms. The molecular weight excluding hydrogens is 1200 g/mol. The lowest BCUT2D eigenvalue weighted by Crippen LogP contribution is -2.66. The van der Waals surface area contributed by atoms with Gasteiger partial charge < -0.3 is 89.9 Å². The molecule has 0 aromatic carbocycles. The third-order valence-electron chi connectivity index (χ3n) is 20.2. The largest absolute Gasteiger partial charge is 0.394 e. The molecule has 17 atom stereocenters. The van der Waals surface area contributed by atoms with Gasteiger partial charge in [-0.3, -0.25) is 4.79 Å². The zero-order valence-electron chi connectivity index (χ0n) is 59.5. The Hall–Kier alpha value is -1.21. The van der Waals surface area contributed by atoms with E-state index in [1.165, 1.54) is 263 Å². The Balaban J connectivity index is 1.35. The van der Waals surface area contributed by atoms with Crippen molar-refractivity contribution in [2.24, 2.45) is 0 Å². The Labute approximate surface area is 570 Å². The molecule has 3 fully saturated rings. The summed E-state index contributed by atoms with van der Waals surface area (Å²) in [6.45, 7) is 1.86. The predicted octanol–water partition coefficient (Wildman–Crippen LogP) is 12.2. The molecule has 3 aliphatic rings. The fourth-order valence-electron chi connectivity index (χ4n) is 13.8. The van der Waals surface area contributed by atoms with Gasteiger partial charge in [0.25, 0.3) is 0 Å². The molecule has 3 rings (SSSR count). The zero-order chi connectivity index (χ0) is 68.2. The van der Waals surface area contributed by atoms with E-state index in [2.05, 4.69) is 19.2 Å².